The topological polar surface area (TPSA) is 46.1 Å². The third-order valence-corrected chi connectivity index (χ3v) is 6.10. The van der Waals surface area contributed by atoms with Crippen molar-refractivity contribution < 1.29 is 22.6 Å². The van der Waals surface area contributed by atoms with E-state index in [-0.39, 0.29) is 24.0 Å². The predicted octanol–water partition coefficient (Wildman–Crippen LogP) is 4.70. The van der Waals surface area contributed by atoms with E-state index in [9.17, 15) is 13.2 Å². The van der Waals surface area contributed by atoms with Crippen LogP contribution in [-0.4, -0.2) is 64.0 Å². The summed E-state index contributed by atoms with van der Waals surface area (Å²) in [6.07, 6.45) is -0.541. The number of hydrogen-bond donors (Lipinski definition) is 1. The summed E-state index contributed by atoms with van der Waals surface area (Å²) in [4.78, 5) is 6.87. The monoisotopic (exact) mass is 569 g/mol. The molecule has 3 rings (SSSR count). The van der Waals surface area contributed by atoms with Gasteiger partial charge in [0.15, 0.2) is 5.96 Å². The van der Waals surface area contributed by atoms with Crippen LogP contribution in [0.1, 0.15) is 43.7 Å². The molecular formula is C23H35F3IN3O2. The Bertz CT molecular complexity index is 735. The van der Waals surface area contributed by atoms with Gasteiger partial charge < -0.3 is 19.7 Å². The normalized spacial score (nSPS) is 18.7. The van der Waals surface area contributed by atoms with E-state index in [4.69, 9.17) is 14.5 Å². The number of aliphatic imine (C=N–C) groups is 1. The Morgan fingerprint density at radius 2 is 2.00 bits per heavy atom. The smallest absolute Gasteiger partial charge is 0.381 e. The lowest BCUT2D eigenvalue weighted by Crippen LogP contribution is -2.43. The quantitative estimate of drug-likeness (QED) is 0.203. The van der Waals surface area contributed by atoms with Crippen LogP contribution in [-0.2, 0) is 21.1 Å². The Kier molecular flexibility index (Phi) is 10.5. The molecule has 0 unspecified atom stereocenters. The van der Waals surface area contributed by atoms with Crippen LogP contribution in [0.15, 0.2) is 29.3 Å². The first-order valence-electron chi connectivity index (χ1n) is 11.2. The number of nitrogens with one attached hydrogen (secondary N) is 1. The van der Waals surface area contributed by atoms with Gasteiger partial charge in [0.25, 0.3) is 0 Å². The average Bonchev–Trinajstić information content (AvgIpc) is 3.59. The van der Waals surface area contributed by atoms with E-state index in [2.05, 4.69) is 5.32 Å². The van der Waals surface area contributed by atoms with Crippen LogP contribution in [0, 0.1) is 5.92 Å². The van der Waals surface area contributed by atoms with Gasteiger partial charge >= 0.3 is 6.18 Å². The lowest BCUT2D eigenvalue weighted by Gasteiger charge is -2.37. The maximum absolute atomic E-state index is 13.3. The zero-order valence-electron chi connectivity index (χ0n) is 18.9. The Hall–Kier alpha value is -1.07. The van der Waals surface area contributed by atoms with Crippen molar-refractivity contribution in [2.24, 2.45) is 10.9 Å². The number of hydrogen-bond acceptors (Lipinski definition) is 3. The molecule has 182 valence electrons. The van der Waals surface area contributed by atoms with E-state index in [1.807, 2.05) is 18.9 Å². The number of alkyl halides is 3. The SMILES string of the molecule is CCNC(=NCC1(c2cccc(C(F)(F)F)c2)CCOCC1)N(C)CCOCC1CC1.I. The molecule has 1 saturated carbocycles. The summed E-state index contributed by atoms with van der Waals surface area (Å²) in [6.45, 7) is 6.33. The number of guanidine groups is 1. The molecule has 0 amide bonds. The number of benzene rings is 1. The van der Waals surface area contributed by atoms with E-state index in [1.165, 1.54) is 25.0 Å². The van der Waals surface area contributed by atoms with Crippen molar-refractivity contribution in [3.8, 4) is 0 Å². The molecule has 1 aromatic carbocycles. The van der Waals surface area contributed by atoms with Crippen LogP contribution in [0.25, 0.3) is 0 Å². The third kappa shape index (κ3) is 7.76. The standard InChI is InChI=1S/C23H34F3N3O2.HI/c1-3-27-21(29(2)11-14-31-16-18-7-8-18)28-17-22(9-12-30-13-10-22)19-5-4-6-20(15-19)23(24,25)26;/h4-6,15,18H,3,7-14,16-17H2,1-2H3,(H,27,28);1H. The first kappa shape index (κ1) is 27.2. The Balaban J connectivity index is 0.00000363. The van der Waals surface area contributed by atoms with E-state index >= 15 is 0 Å². The molecule has 0 atom stereocenters. The van der Waals surface area contributed by atoms with Crippen molar-refractivity contribution in [1.82, 2.24) is 10.2 Å². The highest BCUT2D eigenvalue weighted by atomic mass is 127. The maximum atomic E-state index is 13.3. The van der Waals surface area contributed by atoms with Crippen LogP contribution in [0.5, 0.6) is 0 Å². The van der Waals surface area contributed by atoms with Gasteiger partial charge in [0.1, 0.15) is 0 Å². The minimum Gasteiger partial charge on any atom is -0.381 e. The number of nitrogens with zero attached hydrogens (tertiary/aromatic N) is 2. The van der Waals surface area contributed by atoms with Gasteiger partial charge in [-0.25, -0.2) is 0 Å². The van der Waals surface area contributed by atoms with Crippen molar-refractivity contribution in [3.05, 3.63) is 35.4 Å². The van der Waals surface area contributed by atoms with Gasteiger partial charge in [-0.1, -0.05) is 18.2 Å². The molecule has 1 aliphatic carbocycles. The minimum atomic E-state index is -4.36. The molecule has 1 heterocycles. The molecule has 1 aliphatic heterocycles. The molecule has 2 fully saturated rings. The van der Waals surface area contributed by atoms with Crippen LogP contribution in [0.3, 0.4) is 0 Å². The van der Waals surface area contributed by atoms with Gasteiger partial charge in [-0.15, -0.1) is 24.0 Å². The summed E-state index contributed by atoms with van der Waals surface area (Å²) >= 11 is 0. The Morgan fingerprint density at radius 1 is 1.28 bits per heavy atom. The number of halogens is 4. The zero-order chi connectivity index (χ0) is 22.3. The van der Waals surface area contributed by atoms with Gasteiger partial charge in [0.05, 0.1) is 18.7 Å². The largest absolute Gasteiger partial charge is 0.416 e. The third-order valence-electron chi connectivity index (χ3n) is 6.10. The molecule has 9 heteroatoms. The second-order valence-corrected chi connectivity index (χ2v) is 8.58. The number of likely N-dealkylation sites (N-methyl/N-ethyl adjacent to an activating group) is 1. The lowest BCUT2D eigenvalue weighted by atomic mass is 9.74. The lowest BCUT2D eigenvalue weighted by molar-refractivity contribution is -0.137. The molecule has 2 aliphatic rings. The highest BCUT2D eigenvalue weighted by Crippen LogP contribution is 2.38. The number of rotatable bonds is 9. The van der Waals surface area contributed by atoms with Crippen LogP contribution < -0.4 is 5.32 Å². The molecule has 0 bridgehead atoms. The highest BCUT2D eigenvalue weighted by Gasteiger charge is 2.37. The van der Waals surface area contributed by atoms with Crippen molar-refractivity contribution in [3.63, 3.8) is 0 Å². The molecule has 0 radical (unpaired) electrons. The molecule has 32 heavy (non-hydrogen) atoms. The second kappa shape index (κ2) is 12.4. The molecular weight excluding hydrogens is 534 g/mol. The van der Waals surface area contributed by atoms with Crippen molar-refractivity contribution >= 4 is 29.9 Å². The molecule has 1 saturated heterocycles. The fraction of sp³-hybridized carbons (Fsp3) is 0.696. The van der Waals surface area contributed by atoms with Gasteiger partial charge in [0, 0.05) is 45.4 Å². The van der Waals surface area contributed by atoms with Gasteiger partial charge in [-0.05, 0) is 50.2 Å². The fourth-order valence-corrected chi connectivity index (χ4v) is 3.86. The van der Waals surface area contributed by atoms with Gasteiger partial charge in [-0.3, -0.25) is 4.99 Å². The molecule has 5 nitrogen and oxygen atoms in total. The molecule has 1 N–H and O–H groups in total. The molecule has 0 aromatic heterocycles. The van der Waals surface area contributed by atoms with Crippen LogP contribution in [0.4, 0.5) is 13.2 Å². The summed E-state index contributed by atoms with van der Waals surface area (Å²) in [7, 11) is 1.96. The second-order valence-electron chi connectivity index (χ2n) is 8.58. The van der Waals surface area contributed by atoms with E-state index in [0.29, 0.717) is 57.9 Å². The highest BCUT2D eigenvalue weighted by molar-refractivity contribution is 14.0. The zero-order valence-corrected chi connectivity index (χ0v) is 21.2. The van der Waals surface area contributed by atoms with Crippen LogP contribution in [0.2, 0.25) is 0 Å². The summed E-state index contributed by atoms with van der Waals surface area (Å²) in [5.41, 5.74) is -0.402. The fourth-order valence-electron chi connectivity index (χ4n) is 3.86. The van der Waals surface area contributed by atoms with Crippen LogP contribution >= 0.6 is 24.0 Å². The average molecular weight is 569 g/mol. The summed E-state index contributed by atoms with van der Waals surface area (Å²) in [6, 6.07) is 5.69. The summed E-state index contributed by atoms with van der Waals surface area (Å²) in [5, 5.41) is 3.30. The van der Waals surface area contributed by atoms with Crippen molar-refractivity contribution in [1.29, 1.82) is 0 Å². The minimum absolute atomic E-state index is 0. The summed E-state index contributed by atoms with van der Waals surface area (Å²) in [5.74, 6) is 1.48. The van der Waals surface area contributed by atoms with Gasteiger partial charge in [0.2, 0.25) is 0 Å². The number of ether oxygens (including phenoxy) is 2. The predicted molar refractivity (Wildman–Crippen MR) is 131 cm³/mol. The Morgan fingerprint density at radius 3 is 2.62 bits per heavy atom. The molecule has 1 aromatic rings. The van der Waals surface area contributed by atoms with E-state index < -0.39 is 17.2 Å². The van der Waals surface area contributed by atoms with Crippen molar-refractivity contribution in [2.75, 3.05) is 53.1 Å². The molecule has 0 spiro atoms. The summed E-state index contributed by atoms with van der Waals surface area (Å²) < 4.78 is 51.2. The Labute approximate surface area is 206 Å². The van der Waals surface area contributed by atoms with Crippen molar-refractivity contribution in [2.45, 2.75) is 44.2 Å². The van der Waals surface area contributed by atoms with E-state index in [0.717, 1.165) is 24.6 Å². The first-order chi connectivity index (χ1) is 14.8. The maximum Gasteiger partial charge on any atom is 0.416 e. The van der Waals surface area contributed by atoms with E-state index in [1.54, 1.807) is 6.07 Å². The first-order valence-corrected chi connectivity index (χ1v) is 11.2. The van der Waals surface area contributed by atoms with Gasteiger partial charge in [-0.2, -0.15) is 13.2 Å².